The first-order valence-corrected chi connectivity index (χ1v) is 8.75. The van der Waals surface area contributed by atoms with Gasteiger partial charge in [0, 0.05) is 48.5 Å². The van der Waals surface area contributed by atoms with Gasteiger partial charge in [-0.25, -0.2) is 4.79 Å². The predicted molar refractivity (Wildman–Crippen MR) is 102 cm³/mol. The standard InChI is InChI=1S/C21H21N3O2/c1-14(25)15-5-3-7-18(11-15)22-21(26)24-10-9-17-12-23(2)19-8-4-6-16(13-24)20(17)19/h3-8,11-12H,9-10,13H2,1-2H3,(H,22,26). The van der Waals surface area contributed by atoms with Crippen LogP contribution in [0.25, 0.3) is 10.9 Å². The largest absolute Gasteiger partial charge is 0.350 e. The zero-order valence-corrected chi connectivity index (χ0v) is 15.0. The fraction of sp³-hybridized carbons (Fsp3) is 0.238. The Bertz CT molecular complexity index is 1020. The lowest BCUT2D eigenvalue weighted by Gasteiger charge is -2.22. The van der Waals surface area contributed by atoms with Crippen molar-refractivity contribution in [3.05, 3.63) is 65.4 Å². The molecule has 132 valence electrons. The van der Waals surface area contributed by atoms with Gasteiger partial charge < -0.3 is 14.8 Å². The number of amides is 2. The van der Waals surface area contributed by atoms with Crippen LogP contribution in [-0.2, 0) is 20.0 Å². The molecular weight excluding hydrogens is 326 g/mol. The van der Waals surface area contributed by atoms with Gasteiger partial charge in [-0.1, -0.05) is 24.3 Å². The fourth-order valence-corrected chi connectivity index (χ4v) is 3.67. The Morgan fingerprint density at radius 2 is 1.88 bits per heavy atom. The highest BCUT2D eigenvalue weighted by molar-refractivity contribution is 5.97. The number of nitrogens with one attached hydrogen (secondary N) is 1. The van der Waals surface area contributed by atoms with Gasteiger partial charge in [-0.15, -0.1) is 0 Å². The maximum absolute atomic E-state index is 12.8. The van der Waals surface area contributed by atoms with E-state index in [1.54, 1.807) is 24.3 Å². The highest BCUT2D eigenvalue weighted by Crippen LogP contribution is 2.29. The summed E-state index contributed by atoms with van der Waals surface area (Å²) in [6, 6.07) is 13.2. The van der Waals surface area contributed by atoms with Gasteiger partial charge in [0.05, 0.1) is 0 Å². The second-order valence-corrected chi connectivity index (χ2v) is 6.82. The van der Waals surface area contributed by atoms with Crippen molar-refractivity contribution in [2.75, 3.05) is 11.9 Å². The molecule has 2 amide bonds. The quantitative estimate of drug-likeness (QED) is 0.713. The van der Waals surface area contributed by atoms with Crippen molar-refractivity contribution in [2.24, 2.45) is 7.05 Å². The van der Waals surface area contributed by atoms with Crippen molar-refractivity contribution in [3.8, 4) is 0 Å². The summed E-state index contributed by atoms with van der Waals surface area (Å²) in [5.41, 5.74) is 4.89. The molecule has 1 aliphatic rings. The monoisotopic (exact) mass is 347 g/mol. The van der Waals surface area contributed by atoms with Crippen LogP contribution >= 0.6 is 0 Å². The van der Waals surface area contributed by atoms with Crippen molar-refractivity contribution in [1.29, 1.82) is 0 Å². The number of hydrogen-bond donors (Lipinski definition) is 1. The molecule has 0 saturated heterocycles. The van der Waals surface area contributed by atoms with E-state index < -0.39 is 0 Å². The summed E-state index contributed by atoms with van der Waals surface area (Å²) in [5.74, 6) is -0.0154. The molecule has 5 nitrogen and oxygen atoms in total. The molecule has 0 aliphatic carbocycles. The molecule has 26 heavy (non-hydrogen) atoms. The van der Waals surface area contributed by atoms with Crippen molar-refractivity contribution >= 4 is 28.4 Å². The Morgan fingerprint density at radius 3 is 2.69 bits per heavy atom. The van der Waals surface area contributed by atoms with Gasteiger partial charge in [0.1, 0.15) is 0 Å². The topological polar surface area (TPSA) is 54.3 Å². The fourth-order valence-electron chi connectivity index (χ4n) is 3.67. The van der Waals surface area contributed by atoms with Gasteiger partial charge in [0.2, 0.25) is 0 Å². The number of rotatable bonds is 2. The molecule has 3 aromatic rings. The number of urea groups is 1. The second-order valence-electron chi connectivity index (χ2n) is 6.82. The number of nitrogens with zero attached hydrogens (tertiary/aromatic N) is 2. The maximum Gasteiger partial charge on any atom is 0.322 e. The lowest BCUT2D eigenvalue weighted by molar-refractivity contribution is 0.101. The highest BCUT2D eigenvalue weighted by Gasteiger charge is 2.22. The molecule has 2 aromatic carbocycles. The van der Waals surface area contributed by atoms with Gasteiger partial charge in [-0.05, 0) is 42.7 Å². The van der Waals surface area contributed by atoms with Crippen molar-refractivity contribution in [2.45, 2.75) is 19.9 Å². The number of hydrogen-bond acceptors (Lipinski definition) is 2. The van der Waals surface area contributed by atoms with Gasteiger partial charge in [0.25, 0.3) is 0 Å². The first-order chi connectivity index (χ1) is 12.5. The Labute approximate surface area is 152 Å². The van der Waals surface area contributed by atoms with E-state index in [0.717, 1.165) is 6.42 Å². The summed E-state index contributed by atoms with van der Waals surface area (Å²) >= 11 is 0. The predicted octanol–water partition coefficient (Wildman–Crippen LogP) is 3.97. The van der Waals surface area contributed by atoms with E-state index in [1.165, 1.54) is 29.0 Å². The summed E-state index contributed by atoms with van der Waals surface area (Å²) in [6.07, 6.45) is 2.99. The number of ketones is 1. The van der Waals surface area contributed by atoms with Crippen LogP contribution in [0, 0.1) is 0 Å². The Hall–Kier alpha value is -3.08. The van der Waals surface area contributed by atoms with Crippen LogP contribution in [-0.4, -0.2) is 27.8 Å². The third-order valence-electron chi connectivity index (χ3n) is 5.00. The molecule has 1 aromatic heterocycles. The molecule has 1 N–H and O–H groups in total. The van der Waals surface area contributed by atoms with Crippen molar-refractivity contribution in [1.82, 2.24) is 9.47 Å². The molecule has 0 unspecified atom stereocenters. The molecule has 0 radical (unpaired) electrons. The number of benzene rings is 2. The number of carbonyl (C=O) groups excluding carboxylic acids is 2. The van der Waals surface area contributed by atoms with E-state index in [9.17, 15) is 9.59 Å². The van der Waals surface area contributed by atoms with Crippen LogP contribution in [0.4, 0.5) is 10.5 Å². The minimum atomic E-state index is -0.141. The van der Waals surface area contributed by atoms with Crippen LogP contribution in [0.3, 0.4) is 0 Å². The summed E-state index contributed by atoms with van der Waals surface area (Å²) < 4.78 is 2.15. The third kappa shape index (κ3) is 2.86. The second kappa shape index (κ2) is 6.33. The molecular formula is C21H21N3O2. The summed E-state index contributed by atoms with van der Waals surface area (Å²) in [6.45, 7) is 2.76. The molecule has 4 rings (SSSR count). The number of aryl methyl sites for hydroxylation is 1. The maximum atomic E-state index is 12.8. The summed E-state index contributed by atoms with van der Waals surface area (Å²) in [5, 5.41) is 4.19. The minimum Gasteiger partial charge on any atom is -0.350 e. The number of anilines is 1. The van der Waals surface area contributed by atoms with Crippen LogP contribution in [0.5, 0.6) is 0 Å². The number of carbonyl (C=O) groups is 2. The molecule has 0 fully saturated rings. The molecule has 5 heteroatoms. The van der Waals surface area contributed by atoms with E-state index in [4.69, 9.17) is 0 Å². The van der Waals surface area contributed by atoms with Gasteiger partial charge in [-0.2, -0.15) is 0 Å². The molecule has 0 saturated carbocycles. The van der Waals surface area contributed by atoms with E-state index in [-0.39, 0.29) is 11.8 Å². The van der Waals surface area contributed by atoms with E-state index in [0.29, 0.717) is 24.3 Å². The first-order valence-electron chi connectivity index (χ1n) is 8.75. The average Bonchev–Trinajstić information content (AvgIpc) is 2.83. The molecule has 0 bridgehead atoms. The Kier molecular flexibility index (Phi) is 3.99. The molecule has 1 aliphatic heterocycles. The highest BCUT2D eigenvalue weighted by atomic mass is 16.2. The zero-order valence-electron chi connectivity index (χ0n) is 15.0. The Balaban J connectivity index is 1.58. The van der Waals surface area contributed by atoms with Gasteiger partial charge >= 0.3 is 6.03 Å². The molecule has 2 heterocycles. The van der Waals surface area contributed by atoms with Crippen LogP contribution < -0.4 is 5.32 Å². The smallest absolute Gasteiger partial charge is 0.322 e. The van der Waals surface area contributed by atoms with Crippen LogP contribution in [0.2, 0.25) is 0 Å². The van der Waals surface area contributed by atoms with Crippen LogP contribution in [0.15, 0.2) is 48.7 Å². The first kappa shape index (κ1) is 16.4. The molecule has 0 atom stereocenters. The zero-order chi connectivity index (χ0) is 18.3. The normalized spacial score (nSPS) is 13.5. The van der Waals surface area contributed by atoms with Crippen molar-refractivity contribution in [3.63, 3.8) is 0 Å². The summed E-state index contributed by atoms with van der Waals surface area (Å²) in [4.78, 5) is 26.1. The van der Waals surface area contributed by atoms with Crippen LogP contribution in [0.1, 0.15) is 28.4 Å². The van der Waals surface area contributed by atoms with Crippen molar-refractivity contribution < 1.29 is 9.59 Å². The Morgan fingerprint density at radius 1 is 1.08 bits per heavy atom. The number of aromatic nitrogens is 1. The lowest BCUT2D eigenvalue weighted by Crippen LogP contribution is -2.35. The van der Waals surface area contributed by atoms with E-state index in [2.05, 4.69) is 35.3 Å². The van der Waals surface area contributed by atoms with Gasteiger partial charge in [-0.3, -0.25) is 4.79 Å². The molecule has 0 spiro atoms. The lowest BCUT2D eigenvalue weighted by atomic mass is 10.1. The van der Waals surface area contributed by atoms with Gasteiger partial charge in [0.15, 0.2) is 5.78 Å². The van der Waals surface area contributed by atoms with E-state index in [1.807, 2.05) is 11.0 Å². The average molecular weight is 347 g/mol. The third-order valence-corrected chi connectivity index (χ3v) is 5.00. The number of Topliss-reactive ketones (excluding diaryl/α,β-unsaturated/α-hetero) is 1. The SMILES string of the molecule is CC(=O)c1cccc(NC(=O)N2CCc3cn(C)c4cccc(c34)C2)c1. The minimum absolute atomic E-state index is 0.0154. The van der Waals surface area contributed by atoms with E-state index >= 15 is 0 Å². The summed E-state index contributed by atoms with van der Waals surface area (Å²) in [7, 11) is 2.06.